The van der Waals surface area contributed by atoms with Crippen LogP contribution in [-0.2, 0) is 11.3 Å². The normalized spacial score (nSPS) is 18.0. The van der Waals surface area contributed by atoms with Crippen LogP contribution in [0.25, 0.3) is 0 Å². The summed E-state index contributed by atoms with van der Waals surface area (Å²) < 4.78 is 7.73. The van der Waals surface area contributed by atoms with Crippen LogP contribution in [0.4, 0.5) is 5.95 Å². The van der Waals surface area contributed by atoms with Gasteiger partial charge in [0.15, 0.2) is 5.16 Å². The molecule has 1 amide bonds. The smallest absolute Gasteiger partial charge is 0.238 e. The van der Waals surface area contributed by atoms with Crippen molar-refractivity contribution in [3.63, 3.8) is 0 Å². The number of furan rings is 1. The van der Waals surface area contributed by atoms with Gasteiger partial charge in [-0.1, -0.05) is 49.0 Å². The molecule has 8 heteroatoms. The van der Waals surface area contributed by atoms with Crippen LogP contribution < -0.4 is 10.2 Å². The average Bonchev–Trinajstić information content (AvgIpc) is 3.31. The maximum atomic E-state index is 13.2. The zero-order valence-electron chi connectivity index (χ0n) is 18.3. The Balaban J connectivity index is 1.45. The van der Waals surface area contributed by atoms with Gasteiger partial charge in [0, 0.05) is 19.1 Å². The van der Waals surface area contributed by atoms with Crippen LogP contribution in [0.5, 0.6) is 0 Å². The lowest BCUT2D eigenvalue weighted by molar-refractivity contribution is -0.120. The number of rotatable bonds is 8. The molecule has 1 N–H and O–H groups in total. The quantitative estimate of drug-likeness (QED) is 0.516. The number of carbonyl (C=O) groups is 1. The molecule has 7 nitrogen and oxygen atoms in total. The lowest BCUT2D eigenvalue weighted by Crippen LogP contribution is -2.35. The Labute approximate surface area is 192 Å². The first-order valence-corrected chi connectivity index (χ1v) is 12.3. The minimum absolute atomic E-state index is 0.0320. The van der Waals surface area contributed by atoms with E-state index in [0.717, 1.165) is 67.1 Å². The van der Waals surface area contributed by atoms with Gasteiger partial charge in [0.05, 0.1) is 12.8 Å². The second-order valence-corrected chi connectivity index (χ2v) is 9.88. The predicted molar refractivity (Wildman–Crippen MR) is 125 cm³/mol. The molecule has 168 valence electrons. The third-order valence-corrected chi connectivity index (χ3v) is 7.38. The number of aromatic nitrogens is 3. The molecule has 2 fully saturated rings. The molecule has 32 heavy (non-hydrogen) atoms. The van der Waals surface area contributed by atoms with Gasteiger partial charge < -0.3 is 14.6 Å². The van der Waals surface area contributed by atoms with Crippen LogP contribution in [0.15, 0.2) is 58.3 Å². The Hall–Kier alpha value is -2.74. The van der Waals surface area contributed by atoms with Crippen molar-refractivity contribution in [2.24, 2.45) is 5.92 Å². The molecule has 1 aliphatic carbocycles. The third-order valence-electron chi connectivity index (χ3n) is 6.15. The Morgan fingerprint density at radius 2 is 1.91 bits per heavy atom. The molecule has 2 aromatic heterocycles. The summed E-state index contributed by atoms with van der Waals surface area (Å²) in [6.07, 6.45) is 6.10. The molecule has 1 saturated carbocycles. The standard InChI is InChI=1S/C24H29N5O2S/c1-17-11-13-28(14-12-17)23-26-27-24(29(23)16-20-8-5-15-31-20)32-21(18-6-3-2-4-7-18)22(30)25-19-9-10-19/h2-8,15,17,19,21H,9-14,16H2,1H3,(H,25,30). The highest BCUT2D eigenvalue weighted by Crippen LogP contribution is 2.37. The van der Waals surface area contributed by atoms with E-state index >= 15 is 0 Å². The highest BCUT2D eigenvalue weighted by atomic mass is 32.2. The molecular formula is C24H29N5O2S. The summed E-state index contributed by atoms with van der Waals surface area (Å²) in [7, 11) is 0. The van der Waals surface area contributed by atoms with Crippen molar-refractivity contribution >= 4 is 23.6 Å². The zero-order valence-corrected chi connectivity index (χ0v) is 19.1. The van der Waals surface area contributed by atoms with Crippen LogP contribution in [0, 0.1) is 5.92 Å². The Bertz CT molecular complexity index is 1020. The van der Waals surface area contributed by atoms with Gasteiger partial charge in [0.2, 0.25) is 11.9 Å². The number of benzene rings is 1. The zero-order chi connectivity index (χ0) is 21.9. The molecule has 0 spiro atoms. The van der Waals surface area contributed by atoms with Crippen LogP contribution in [0.3, 0.4) is 0 Å². The molecule has 3 aromatic rings. The molecule has 2 aliphatic rings. The number of thioether (sulfide) groups is 1. The van der Waals surface area contributed by atoms with Gasteiger partial charge in [-0.15, -0.1) is 10.2 Å². The first-order chi connectivity index (χ1) is 15.7. The van der Waals surface area contributed by atoms with E-state index < -0.39 is 0 Å². The van der Waals surface area contributed by atoms with Gasteiger partial charge in [0.1, 0.15) is 11.0 Å². The van der Waals surface area contributed by atoms with Crippen molar-refractivity contribution in [2.75, 3.05) is 18.0 Å². The summed E-state index contributed by atoms with van der Waals surface area (Å²) >= 11 is 1.46. The monoisotopic (exact) mass is 451 g/mol. The van der Waals surface area contributed by atoms with E-state index in [-0.39, 0.29) is 11.2 Å². The van der Waals surface area contributed by atoms with Crippen LogP contribution in [0.2, 0.25) is 0 Å². The summed E-state index contributed by atoms with van der Waals surface area (Å²) in [5.74, 6) is 2.46. The van der Waals surface area contributed by atoms with E-state index in [4.69, 9.17) is 4.42 Å². The Morgan fingerprint density at radius 3 is 2.59 bits per heavy atom. The van der Waals surface area contributed by atoms with Gasteiger partial charge >= 0.3 is 0 Å². The highest BCUT2D eigenvalue weighted by molar-refractivity contribution is 8.00. The maximum absolute atomic E-state index is 13.2. The summed E-state index contributed by atoms with van der Waals surface area (Å²) in [4.78, 5) is 15.5. The van der Waals surface area contributed by atoms with Gasteiger partial charge in [-0.2, -0.15) is 0 Å². The number of amides is 1. The predicted octanol–water partition coefficient (Wildman–Crippen LogP) is 4.27. The lowest BCUT2D eigenvalue weighted by atomic mass is 10.00. The van der Waals surface area contributed by atoms with E-state index in [1.165, 1.54) is 11.8 Å². The minimum atomic E-state index is -0.384. The van der Waals surface area contributed by atoms with Gasteiger partial charge in [-0.3, -0.25) is 9.36 Å². The fourth-order valence-corrected chi connectivity index (χ4v) is 5.06. The van der Waals surface area contributed by atoms with E-state index in [0.29, 0.717) is 12.6 Å². The van der Waals surface area contributed by atoms with E-state index in [1.807, 2.05) is 42.5 Å². The second-order valence-electron chi connectivity index (χ2n) is 8.81. The third kappa shape index (κ3) is 4.85. The first-order valence-electron chi connectivity index (χ1n) is 11.4. The number of nitrogens with zero attached hydrogens (tertiary/aromatic N) is 4. The lowest BCUT2D eigenvalue weighted by Gasteiger charge is -2.31. The number of hydrogen-bond donors (Lipinski definition) is 1. The number of piperidine rings is 1. The highest BCUT2D eigenvalue weighted by Gasteiger charge is 2.31. The fourth-order valence-electron chi connectivity index (χ4n) is 4.02. The maximum Gasteiger partial charge on any atom is 0.238 e. The van der Waals surface area contributed by atoms with Crippen LogP contribution >= 0.6 is 11.8 Å². The van der Waals surface area contributed by atoms with Crippen molar-refractivity contribution in [3.8, 4) is 0 Å². The molecule has 1 unspecified atom stereocenters. The van der Waals surface area contributed by atoms with Crippen molar-refractivity contribution in [3.05, 3.63) is 60.1 Å². The molecule has 0 radical (unpaired) electrons. The molecule has 1 atom stereocenters. The molecule has 0 bridgehead atoms. The molecule has 1 aromatic carbocycles. The summed E-state index contributed by atoms with van der Waals surface area (Å²) in [6.45, 7) is 4.77. The van der Waals surface area contributed by atoms with Crippen molar-refractivity contribution < 1.29 is 9.21 Å². The van der Waals surface area contributed by atoms with Crippen molar-refractivity contribution in [1.29, 1.82) is 0 Å². The summed E-state index contributed by atoms with van der Waals surface area (Å²) in [5.41, 5.74) is 0.969. The second kappa shape index (κ2) is 9.40. The van der Waals surface area contributed by atoms with Gasteiger partial charge in [-0.05, 0) is 49.3 Å². The van der Waals surface area contributed by atoms with E-state index in [2.05, 4.69) is 31.9 Å². The molecule has 5 rings (SSSR count). The van der Waals surface area contributed by atoms with E-state index in [9.17, 15) is 4.79 Å². The summed E-state index contributed by atoms with van der Waals surface area (Å²) in [5, 5.41) is 12.6. The minimum Gasteiger partial charge on any atom is -0.467 e. The van der Waals surface area contributed by atoms with Gasteiger partial charge in [0.25, 0.3) is 0 Å². The molecular weight excluding hydrogens is 422 g/mol. The largest absolute Gasteiger partial charge is 0.467 e. The van der Waals surface area contributed by atoms with E-state index in [1.54, 1.807) is 6.26 Å². The number of anilines is 1. The number of carbonyl (C=O) groups excluding carboxylic acids is 1. The molecule has 3 heterocycles. The Morgan fingerprint density at radius 1 is 1.12 bits per heavy atom. The number of nitrogens with one attached hydrogen (secondary N) is 1. The van der Waals surface area contributed by atoms with Gasteiger partial charge in [-0.25, -0.2) is 0 Å². The topological polar surface area (TPSA) is 76.2 Å². The molecule has 1 saturated heterocycles. The Kier molecular flexibility index (Phi) is 6.21. The molecule has 1 aliphatic heterocycles. The van der Waals surface area contributed by atoms with Crippen LogP contribution in [-0.4, -0.2) is 39.8 Å². The SMILES string of the molecule is CC1CCN(c2nnc(SC(C(=O)NC3CC3)c3ccccc3)n2Cc2ccco2)CC1. The average molecular weight is 452 g/mol. The van der Waals surface area contributed by atoms with Crippen LogP contribution in [0.1, 0.15) is 49.2 Å². The summed E-state index contributed by atoms with van der Waals surface area (Å²) in [6, 6.07) is 14.1. The first kappa shape index (κ1) is 21.1. The van der Waals surface area contributed by atoms with Crippen molar-refractivity contribution in [1.82, 2.24) is 20.1 Å². The number of hydrogen-bond acceptors (Lipinski definition) is 6. The van der Waals surface area contributed by atoms with Crippen molar-refractivity contribution in [2.45, 2.75) is 55.6 Å². The fraction of sp³-hybridized carbons (Fsp3) is 0.458.